The van der Waals surface area contributed by atoms with Gasteiger partial charge in [-0.2, -0.15) is 0 Å². The van der Waals surface area contributed by atoms with Gasteiger partial charge < -0.3 is 5.73 Å². The lowest BCUT2D eigenvalue weighted by Crippen LogP contribution is -2.35. The van der Waals surface area contributed by atoms with Crippen molar-refractivity contribution < 1.29 is 0 Å². The minimum atomic E-state index is -0.571. The quantitative estimate of drug-likeness (QED) is 0.640. The van der Waals surface area contributed by atoms with Gasteiger partial charge in [-0.25, -0.2) is 0 Å². The average Bonchev–Trinajstić information content (AvgIpc) is 2.19. The van der Waals surface area contributed by atoms with Crippen LogP contribution in [-0.4, -0.2) is 0 Å². The third kappa shape index (κ3) is 0.973. The molecule has 0 aliphatic rings. The van der Waals surface area contributed by atoms with E-state index in [1.54, 1.807) is 24.3 Å². The second-order valence-corrected chi connectivity index (χ2v) is 2.81. The summed E-state index contributed by atoms with van der Waals surface area (Å²) in [5.74, 6) is 0. The van der Waals surface area contributed by atoms with Gasteiger partial charge in [-0.1, -0.05) is 30.3 Å². The third-order valence-corrected chi connectivity index (χ3v) is 2.01. The predicted octanol–water partition coefficient (Wildman–Crippen LogP) is 0.532. The summed E-state index contributed by atoms with van der Waals surface area (Å²) in [4.78, 5) is 21.9. The molecule has 2 aromatic carbocycles. The van der Waals surface area contributed by atoms with Crippen LogP contribution < -0.4 is 16.6 Å². The molecular formula is C10H7NO2. The van der Waals surface area contributed by atoms with Gasteiger partial charge >= 0.3 is 0 Å². The van der Waals surface area contributed by atoms with Crippen LogP contribution in [0, 0.1) is 0 Å². The van der Waals surface area contributed by atoms with Crippen molar-refractivity contribution >= 4 is 5.69 Å². The van der Waals surface area contributed by atoms with Crippen molar-refractivity contribution in [3.8, 4) is 11.1 Å². The van der Waals surface area contributed by atoms with Gasteiger partial charge in [0.2, 0.25) is 10.9 Å². The number of nitrogen functional groups attached to an aromatic ring is 1. The molecule has 0 aromatic heterocycles. The van der Waals surface area contributed by atoms with Gasteiger partial charge in [0.1, 0.15) is 0 Å². The monoisotopic (exact) mass is 173 g/mol. The Labute approximate surface area is 74.1 Å². The smallest absolute Gasteiger partial charge is 0.249 e. The van der Waals surface area contributed by atoms with Crippen molar-refractivity contribution in [1.29, 1.82) is 0 Å². The van der Waals surface area contributed by atoms with E-state index in [1.807, 2.05) is 6.07 Å². The highest BCUT2D eigenvalue weighted by molar-refractivity contribution is 5.79. The minimum Gasteiger partial charge on any atom is -0.395 e. The van der Waals surface area contributed by atoms with E-state index >= 15 is 0 Å². The first-order valence-electron chi connectivity index (χ1n) is 3.86. The molecule has 0 heterocycles. The summed E-state index contributed by atoms with van der Waals surface area (Å²) >= 11 is 0. The zero-order valence-electron chi connectivity index (χ0n) is 6.78. The Hall–Kier alpha value is -1.90. The van der Waals surface area contributed by atoms with Crippen molar-refractivity contribution in [3.63, 3.8) is 0 Å². The van der Waals surface area contributed by atoms with E-state index in [2.05, 4.69) is 0 Å². The molecule has 0 bridgehead atoms. The molecule has 0 aliphatic carbocycles. The zero-order chi connectivity index (χ0) is 9.42. The van der Waals surface area contributed by atoms with E-state index in [9.17, 15) is 9.59 Å². The Balaban J connectivity index is 2.63. The van der Waals surface area contributed by atoms with E-state index in [1.165, 1.54) is 0 Å². The SMILES string of the molecule is Nc1c(-c2ccccc2)c(=O)c1=O. The molecule has 64 valence electrons. The van der Waals surface area contributed by atoms with Gasteiger partial charge in [-0.3, -0.25) is 9.59 Å². The summed E-state index contributed by atoms with van der Waals surface area (Å²) in [6.45, 7) is 0. The second kappa shape index (κ2) is 2.55. The number of hydrogen-bond acceptors (Lipinski definition) is 3. The van der Waals surface area contributed by atoms with Gasteiger partial charge in [-0.15, -0.1) is 0 Å². The summed E-state index contributed by atoms with van der Waals surface area (Å²) in [6, 6.07) is 8.95. The van der Waals surface area contributed by atoms with Crippen molar-refractivity contribution in [3.05, 3.63) is 50.8 Å². The number of benzene rings is 1. The molecule has 0 amide bonds. The molecule has 3 heteroatoms. The van der Waals surface area contributed by atoms with Crippen molar-refractivity contribution in [2.24, 2.45) is 0 Å². The van der Waals surface area contributed by atoms with Crippen molar-refractivity contribution in [2.45, 2.75) is 0 Å². The Kier molecular flexibility index (Phi) is 1.52. The van der Waals surface area contributed by atoms with E-state index in [-0.39, 0.29) is 5.69 Å². The van der Waals surface area contributed by atoms with E-state index in [4.69, 9.17) is 5.73 Å². The number of nitrogens with two attached hydrogens (primary N) is 1. The lowest BCUT2D eigenvalue weighted by Gasteiger charge is -2.05. The molecule has 0 fully saturated rings. The van der Waals surface area contributed by atoms with Crippen LogP contribution in [0.15, 0.2) is 39.9 Å². The van der Waals surface area contributed by atoms with Crippen LogP contribution in [0.25, 0.3) is 11.1 Å². The standard InChI is InChI=1S/C10H7NO2/c11-8-7(9(12)10(8)13)6-4-2-1-3-5-6/h1-5H,11H2. The fourth-order valence-electron chi connectivity index (χ4n) is 1.30. The summed E-state index contributed by atoms with van der Waals surface area (Å²) in [7, 11) is 0. The predicted molar refractivity (Wildman–Crippen MR) is 51.2 cm³/mol. The fraction of sp³-hybridized carbons (Fsp3) is 0. The molecular weight excluding hydrogens is 166 g/mol. The third-order valence-electron chi connectivity index (χ3n) is 2.01. The Bertz CT molecular complexity index is 507. The fourth-order valence-corrected chi connectivity index (χ4v) is 1.30. The molecule has 2 rings (SSSR count). The molecule has 3 nitrogen and oxygen atoms in total. The van der Waals surface area contributed by atoms with Gasteiger partial charge in [0.15, 0.2) is 0 Å². The molecule has 0 radical (unpaired) electrons. The van der Waals surface area contributed by atoms with E-state index in [0.29, 0.717) is 11.1 Å². The second-order valence-electron chi connectivity index (χ2n) is 2.81. The molecule has 13 heavy (non-hydrogen) atoms. The van der Waals surface area contributed by atoms with Crippen molar-refractivity contribution in [1.82, 2.24) is 0 Å². The Morgan fingerprint density at radius 2 is 1.54 bits per heavy atom. The molecule has 0 spiro atoms. The molecule has 0 saturated carbocycles. The van der Waals surface area contributed by atoms with E-state index < -0.39 is 10.9 Å². The van der Waals surface area contributed by atoms with Crippen LogP contribution in [0.5, 0.6) is 0 Å². The van der Waals surface area contributed by atoms with Crippen LogP contribution in [0.4, 0.5) is 5.69 Å². The maximum absolute atomic E-state index is 11.1. The van der Waals surface area contributed by atoms with Crippen LogP contribution in [-0.2, 0) is 0 Å². The largest absolute Gasteiger partial charge is 0.395 e. The number of hydrogen-bond donors (Lipinski definition) is 1. The summed E-state index contributed by atoms with van der Waals surface area (Å²) < 4.78 is 0. The lowest BCUT2D eigenvalue weighted by molar-refractivity contribution is 1.41. The van der Waals surface area contributed by atoms with Gasteiger partial charge in [-0.05, 0) is 5.56 Å². The number of rotatable bonds is 1. The lowest BCUT2D eigenvalue weighted by atomic mass is 9.99. The topological polar surface area (TPSA) is 60.2 Å². The van der Waals surface area contributed by atoms with Crippen molar-refractivity contribution in [2.75, 3.05) is 5.73 Å². The van der Waals surface area contributed by atoms with Crippen LogP contribution in [0.2, 0.25) is 0 Å². The number of anilines is 1. The maximum atomic E-state index is 11.1. The molecule has 0 saturated heterocycles. The Morgan fingerprint density at radius 1 is 0.923 bits per heavy atom. The molecule has 0 atom stereocenters. The maximum Gasteiger partial charge on any atom is 0.249 e. The van der Waals surface area contributed by atoms with Crippen LogP contribution in [0.3, 0.4) is 0 Å². The van der Waals surface area contributed by atoms with Crippen LogP contribution in [0.1, 0.15) is 0 Å². The summed E-state index contributed by atoms with van der Waals surface area (Å²) in [5.41, 5.74) is 5.49. The zero-order valence-corrected chi connectivity index (χ0v) is 6.78. The average molecular weight is 173 g/mol. The van der Waals surface area contributed by atoms with E-state index in [0.717, 1.165) is 0 Å². The van der Waals surface area contributed by atoms with Gasteiger partial charge in [0.25, 0.3) is 0 Å². The Morgan fingerprint density at radius 3 is 2.08 bits per heavy atom. The molecule has 2 N–H and O–H groups in total. The first-order valence-corrected chi connectivity index (χ1v) is 3.86. The van der Waals surface area contributed by atoms with Gasteiger partial charge in [0.05, 0.1) is 11.3 Å². The normalized spacial score (nSPS) is 10.5. The highest BCUT2D eigenvalue weighted by atomic mass is 16.2. The molecule has 2 aromatic rings. The highest BCUT2D eigenvalue weighted by Gasteiger charge is 2.18. The van der Waals surface area contributed by atoms with Crippen LogP contribution >= 0.6 is 0 Å². The molecule has 0 unspecified atom stereocenters. The first-order chi connectivity index (χ1) is 6.22. The molecule has 0 aliphatic heterocycles. The minimum absolute atomic E-state index is 0.0798. The summed E-state index contributed by atoms with van der Waals surface area (Å²) in [5, 5.41) is 0. The highest BCUT2D eigenvalue weighted by Crippen LogP contribution is 2.19. The first kappa shape index (κ1) is 7.73. The summed E-state index contributed by atoms with van der Waals surface area (Å²) in [6.07, 6.45) is 0. The van der Waals surface area contributed by atoms with Gasteiger partial charge in [0, 0.05) is 0 Å².